The van der Waals surface area contributed by atoms with Crippen molar-refractivity contribution >= 4 is 22.2 Å². The topological polar surface area (TPSA) is 94.5 Å². The third-order valence-electron chi connectivity index (χ3n) is 1.59. The molecule has 0 fully saturated rings. The Bertz CT molecular complexity index is 522. The summed E-state index contributed by atoms with van der Waals surface area (Å²) in [6.07, 6.45) is 1.27. The molecule has 0 unspecified atom stereocenters. The Labute approximate surface area is 134 Å². The average Bonchev–Trinajstić information content (AvgIpc) is 2.27. The van der Waals surface area contributed by atoms with Crippen LogP contribution in [-0.4, -0.2) is 24.0 Å². The maximum Gasteiger partial charge on any atom is 1.00 e. The minimum Gasteiger partial charge on any atom is -0.744 e. The first-order chi connectivity index (χ1) is 8.22. The fourth-order valence-electron chi connectivity index (χ4n) is 0.726. The largest absolute Gasteiger partial charge is 1.00 e. The summed E-state index contributed by atoms with van der Waals surface area (Å²) in [5.41, 5.74) is 0.868. The fraction of sp³-hybridized carbons (Fsp3) is 0.0833. The van der Waals surface area contributed by atoms with E-state index in [0.29, 0.717) is 11.0 Å². The second kappa shape index (κ2) is 9.94. The molecule has 0 saturated heterocycles. The van der Waals surface area contributed by atoms with Crippen molar-refractivity contribution in [3.05, 3.63) is 53.5 Å². The van der Waals surface area contributed by atoms with Crippen molar-refractivity contribution in [2.45, 2.75) is 6.92 Å². The van der Waals surface area contributed by atoms with Gasteiger partial charge in [0, 0.05) is 11.0 Å². The van der Waals surface area contributed by atoms with E-state index in [2.05, 4.69) is 6.58 Å². The minimum atomic E-state index is -4.25. The first-order valence-corrected chi connectivity index (χ1v) is 6.27. The molecule has 0 spiro atoms. The van der Waals surface area contributed by atoms with E-state index in [1.54, 1.807) is 24.3 Å². The Balaban J connectivity index is 0. The summed E-state index contributed by atoms with van der Waals surface area (Å²) >= 11 is 0. The van der Waals surface area contributed by atoms with Crippen molar-refractivity contribution in [1.82, 2.24) is 0 Å². The SMILES string of the molecule is C=C(C)C(=O)O.O=S(=O)([O-])C=Cc1ccccc1.[Na+]. The maximum atomic E-state index is 10.2. The normalized spacial score (nSPS) is 10.0. The summed E-state index contributed by atoms with van der Waals surface area (Å²) in [7, 11) is -4.25. The van der Waals surface area contributed by atoms with E-state index in [1.165, 1.54) is 13.0 Å². The van der Waals surface area contributed by atoms with E-state index >= 15 is 0 Å². The van der Waals surface area contributed by atoms with Gasteiger partial charge in [-0.3, -0.25) is 0 Å². The van der Waals surface area contributed by atoms with Gasteiger partial charge in [0.1, 0.15) is 10.1 Å². The number of carboxylic acid groups (broad SMARTS) is 1. The maximum absolute atomic E-state index is 10.2. The van der Waals surface area contributed by atoms with Gasteiger partial charge in [0.2, 0.25) is 0 Å². The molecule has 19 heavy (non-hydrogen) atoms. The van der Waals surface area contributed by atoms with Gasteiger partial charge >= 0.3 is 35.5 Å². The summed E-state index contributed by atoms with van der Waals surface area (Å²) in [6.45, 7) is 4.60. The number of benzene rings is 1. The van der Waals surface area contributed by atoms with Gasteiger partial charge in [-0.2, -0.15) is 0 Å². The summed E-state index contributed by atoms with van der Waals surface area (Å²) in [5.74, 6) is -0.935. The van der Waals surface area contributed by atoms with Crippen LogP contribution in [0.1, 0.15) is 12.5 Å². The van der Waals surface area contributed by atoms with Crippen molar-refractivity contribution in [2.24, 2.45) is 0 Å². The zero-order valence-corrected chi connectivity index (χ0v) is 13.6. The van der Waals surface area contributed by atoms with Gasteiger partial charge in [0.05, 0.1) is 0 Å². The van der Waals surface area contributed by atoms with Gasteiger partial charge in [-0.05, 0) is 18.6 Å². The summed E-state index contributed by atoms with van der Waals surface area (Å²) in [6, 6.07) is 8.75. The van der Waals surface area contributed by atoms with Crippen molar-refractivity contribution in [3.63, 3.8) is 0 Å². The van der Waals surface area contributed by atoms with Crippen molar-refractivity contribution in [2.75, 3.05) is 0 Å². The molecule has 98 valence electrons. The average molecular weight is 292 g/mol. The summed E-state index contributed by atoms with van der Waals surface area (Å²) < 4.78 is 30.5. The first kappa shape index (κ1) is 20.4. The number of hydrogen-bond acceptors (Lipinski definition) is 4. The van der Waals surface area contributed by atoms with E-state index in [-0.39, 0.29) is 35.1 Å². The number of carbonyl (C=O) groups is 1. The molecule has 1 aromatic rings. The molecule has 0 aromatic heterocycles. The van der Waals surface area contributed by atoms with Gasteiger partial charge in [-0.15, -0.1) is 0 Å². The third-order valence-corrected chi connectivity index (χ3v) is 2.06. The predicted octanol–water partition coefficient (Wildman–Crippen LogP) is -1.15. The van der Waals surface area contributed by atoms with Crippen LogP contribution in [0.25, 0.3) is 6.08 Å². The van der Waals surface area contributed by atoms with Crippen LogP contribution < -0.4 is 29.6 Å². The minimum absolute atomic E-state index is 0. The van der Waals surface area contributed by atoms with Crippen LogP contribution in [-0.2, 0) is 14.9 Å². The standard InChI is InChI=1S/C8H8O3S.C4H6O2.Na/c9-12(10,11)7-6-8-4-2-1-3-5-8;1-3(2)4(5)6;/h1-7H,(H,9,10,11);1H2,2H3,(H,5,6);/q;;+1/p-1. The van der Waals surface area contributed by atoms with Crippen LogP contribution in [0.5, 0.6) is 0 Å². The molecular formula is C12H13NaO5S. The van der Waals surface area contributed by atoms with Gasteiger partial charge in [-0.25, -0.2) is 13.2 Å². The zero-order valence-electron chi connectivity index (χ0n) is 10.7. The fourth-order valence-corrected chi connectivity index (χ4v) is 1.05. The predicted molar refractivity (Wildman–Crippen MR) is 67.6 cm³/mol. The number of rotatable bonds is 3. The molecule has 0 saturated carbocycles. The Morgan fingerprint density at radius 1 is 1.32 bits per heavy atom. The summed E-state index contributed by atoms with van der Waals surface area (Å²) in [4.78, 5) is 9.60. The number of hydrogen-bond donors (Lipinski definition) is 1. The number of aliphatic carboxylic acids is 1. The van der Waals surface area contributed by atoms with Crippen molar-refractivity contribution in [1.29, 1.82) is 0 Å². The Kier molecular flexibility index (Phi) is 10.7. The van der Waals surface area contributed by atoms with Gasteiger partial charge in [-0.1, -0.05) is 36.9 Å². The second-order valence-electron chi connectivity index (χ2n) is 3.29. The molecule has 0 amide bonds. The van der Waals surface area contributed by atoms with Crippen LogP contribution >= 0.6 is 0 Å². The van der Waals surface area contributed by atoms with E-state index in [4.69, 9.17) is 5.11 Å². The molecule has 0 aliphatic rings. The smallest absolute Gasteiger partial charge is 0.744 e. The van der Waals surface area contributed by atoms with Crippen LogP contribution in [0, 0.1) is 0 Å². The molecule has 1 N–H and O–H groups in total. The van der Waals surface area contributed by atoms with Crippen LogP contribution in [0.2, 0.25) is 0 Å². The molecule has 0 atom stereocenters. The Morgan fingerprint density at radius 3 is 2.05 bits per heavy atom. The monoisotopic (exact) mass is 292 g/mol. The quantitative estimate of drug-likeness (QED) is 0.431. The molecule has 0 heterocycles. The second-order valence-corrected chi connectivity index (χ2v) is 4.55. The molecule has 0 aliphatic carbocycles. The molecule has 5 nitrogen and oxygen atoms in total. The molecule has 1 aromatic carbocycles. The van der Waals surface area contributed by atoms with Crippen LogP contribution in [0.4, 0.5) is 0 Å². The van der Waals surface area contributed by atoms with Gasteiger partial charge < -0.3 is 9.66 Å². The van der Waals surface area contributed by atoms with E-state index in [1.807, 2.05) is 6.07 Å². The van der Waals surface area contributed by atoms with Crippen molar-refractivity contribution in [3.8, 4) is 0 Å². The van der Waals surface area contributed by atoms with E-state index in [9.17, 15) is 17.8 Å². The first-order valence-electron chi connectivity index (χ1n) is 4.80. The van der Waals surface area contributed by atoms with Gasteiger partial charge in [0.15, 0.2) is 0 Å². The summed E-state index contributed by atoms with van der Waals surface area (Å²) in [5, 5.41) is 8.53. The van der Waals surface area contributed by atoms with E-state index in [0.717, 1.165) is 0 Å². The van der Waals surface area contributed by atoms with Crippen molar-refractivity contribution < 1.29 is 52.4 Å². The van der Waals surface area contributed by atoms with Gasteiger partial charge in [0.25, 0.3) is 0 Å². The van der Waals surface area contributed by atoms with E-state index < -0.39 is 16.1 Å². The van der Waals surface area contributed by atoms with Crippen LogP contribution in [0.3, 0.4) is 0 Å². The molecule has 1 rings (SSSR count). The number of carboxylic acids is 1. The molecular weight excluding hydrogens is 279 g/mol. The molecule has 0 radical (unpaired) electrons. The molecule has 0 bridgehead atoms. The van der Waals surface area contributed by atoms with Crippen LogP contribution in [0.15, 0.2) is 47.9 Å². The molecule has 0 aliphatic heterocycles. The Hall–Kier alpha value is -0.920. The zero-order chi connectivity index (χ0) is 14.2. The third kappa shape index (κ3) is 13.3. The Morgan fingerprint density at radius 2 is 1.74 bits per heavy atom. The molecule has 7 heteroatoms.